The number of rotatable bonds is 4. The summed E-state index contributed by atoms with van der Waals surface area (Å²) in [4.78, 5) is 0. The summed E-state index contributed by atoms with van der Waals surface area (Å²) in [7, 11) is 0. The van der Waals surface area contributed by atoms with Gasteiger partial charge in [0.05, 0.1) is 29.5 Å². The van der Waals surface area contributed by atoms with Crippen molar-refractivity contribution in [1.82, 2.24) is 9.78 Å². The summed E-state index contributed by atoms with van der Waals surface area (Å²) in [5.74, 6) is 5.34. The molecule has 1 aromatic rings. The molecule has 0 aromatic carbocycles. The van der Waals surface area contributed by atoms with Crippen LogP contribution in [0.5, 0.6) is 0 Å². The fraction of sp³-hybridized carbons (Fsp3) is 0.857. The molecule has 0 amide bonds. The van der Waals surface area contributed by atoms with Crippen LogP contribution in [-0.2, 0) is 6.54 Å². The molecule has 0 radical (unpaired) electrons. The van der Waals surface area contributed by atoms with Crippen LogP contribution in [0.15, 0.2) is 12.4 Å². The summed E-state index contributed by atoms with van der Waals surface area (Å²) in [5, 5.41) is 36.3. The molecule has 180 valence electrons. The minimum Gasteiger partial charge on any atom is -0.389 e. The standard InChI is InChI=1S/C28H41N3O2/c1-4-22-25-21-6-5-20-18(19(21)10-12-28(22,25)33)9-11-26(2)23(20)7-8-24(26)27(3,32)16-31-15-17(13-29)14-30-31/h14-15,18-25,32-33H,4-12,16H2,1-3H3/t18-,19-,20-,21-,22?,23+,24+,25?,26+,27+,28+/m1/s1. The van der Waals surface area contributed by atoms with Crippen molar-refractivity contribution < 1.29 is 10.2 Å². The van der Waals surface area contributed by atoms with E-state index >= 15 is 0 Å². The van der Waals surface area contributed by atoms with E-state index in [-0.39, 0.29) is 16.9 Å². The first-order chi connectivity index (χ1) is 15.7. The fourth-order valence-corrected chi connectivity index (χ4v) is 10.6. The summed E-state index contributed by atoms with van der Waals surface area (Å²) in [6, 6.07) is 2.14. The zero-order valence-corrected chi connectivity index (χ0v) is 20.6. The second-order valence-electron chi connectivity index (χ2n) is 13.0. The monoisotopic (exact) mass is 451 g/mol. The van der Waals surface area contributed by atoms with E-state index in [1.807, 2.05) is 6.92 Å². The van der Waals surface area contributed by atoms with Crippen LogP contribution < -0.4 is 0 Å². The van der Waals surface area contributed by atoms with Crippen molar-refractivity contribution in [3.05, 3.63) is 18.0 Å². The average Bonchev–Trinajstić information content (AvgIpc) is 3.04. The fourth-order valence-electron chi connectivity index (χ4n) is 10.6. The van der Waals surface area contributed by atoms with E-state index in [0.29, 0.717) is 29.9 Å². The molecular formula is C28H41N3O2. The molecule has 0 saturated heterocycles. The molecule has 5 heteroatoms. The van der Waals surface area contributed by atoms with Crippen molar-refractivity contribution in [3.8, 4) is 6.07 Å². The SMILES string of the molecule is CCC1C2[C@@H]3CC[C@@H]4[C@H](CC[C@@]5(C)[C@H]4CC[C@@H]5[C@@](C)(O)Cn4cc(C#N)cn4)[C@H]3CC[C@]12O. The molecule has 5 saturated carbocycles. The third-order valence-electron chi connectivity index (χ3n) is 11.7. The van der Waals surface area contributed by atoms with Crippen LogP contribution in [0.4, 0.5) is 0 Å². The Morgan fingerprint density at radius 1 is 1.12 bits per heavy atom. The van der Waals surface area contributed by atoms with Crippen LogP contribution in [0.25, 0.3) is 0 Å². The molecule has 2 unspecified atom stereocenters. The minimum atomic E-state index is -0.823. The first kappa shape index (κ1) is 22.1. The van der Waals surface area contributed by atoms with Gasteiger partial charge in [-0.05, 0) is 111 Å². The van der Waals surface area contributed by atoms with Gasteiger partial charge < -0.3 is 10.2 Å². The first-order valence-corrected chi connectivity index (χ1v) is 13.6. The van der Waals surface area contributed by atoms with E-state index in [4.69, 9.17) is 5.26 Å². The molecule has 1 aromatic heterocycles. The van der Waals surface area contributed by atoms with Crippen LogP contribution in [0.3, 0.4) is 0 Å². The molecule has 5 aliphatic carbocycles. The molecule has 5 fully saturated rings. The molecule has 5 nitrogen and oxygen atoms in total. The van der Waals surface area contributed by atoms with Crippen molar-refractivity contribution in [2.75, 3.05) is 0 Å². The van der Waals surface area contributed by atoms with Gasteiger partial charge in [0.1, 0.15) is 6.07 Å². The normalized spacial score (nSPS) is 49.7. The van der Waals surface area contributed by atoms with E-state index in [1.165, 1.54) is 38.5 Å². The Bertz CT molecular complexity index is 965. The molecule has 0 aliphatic heterocycles. The van der Waals surface area contributed by atoms with Gasteiger partial charge in [-0.2, -0.15) is 10.4 Å². The van der Waals surface area contributed by atoms with Gasteiger partial charge in [0.25, 0.3) is 0 Å². The van der Waals surface area contributed by atoms with Gasteiger partial charge in [-0.15, -0.1) is 0 Å². The third-order valence-corrected chi connectivity index (χ3v) is 11.7. The lowest BCUT2D eigenvalue weighted by Crippen LogP contribution is -2.53. The van der Waals surface area contributed by atoms with Gasteiger partial charge in [0.15, 0.2) is 0 Å². The highest BCUT2D eigenvalue weighted by Crippen LogP contribution is 2.71. The van der Waals surface area contributed by atoms with E-state index in [1.54, 1.807) is 17.1 Å². The van der Waals surface area contributed by atoms with Gasteiger partial charge in [0.2, 0.25) is 0 Å². The molecule has 11 atom stereocenters. The third kappa shape index (κ3) is 3.05. The minimum absolute atomic E-state index is 0.184. The first-order valence-electron chi connectivity index (χ1n) is 13.6. The molecular weight excluding hydrogens is 410 g/mol. The summed E-state index contributed by atoms with van der Waals surface area (Å²) in [5.41, 5.74) is -0.403. The molecule has 0 spiro atoms. The van der Waals surface area contributed by atoms with Crippen molar-refractivity contribution in [3.63, 3.8) is 0 Å². The van der Waals surface area contributed by atoms with Crippen LogP contribution in [0, 0.1) is 64.1 Å². The molecule has 5 aliphatic rings. The Labute approximate surface area is 198 Å². The lowest BCUT2D eigenvalue weighted by atomic mass is 9.49. The van der Waals surface area contributed by atoms with Crippen LogP contribution >= 0.6 is 0 Å². The van der Waals surface area contributed by atoms with Gasteiger partial charge in [0, 0.05) is 6.20 Å². The number of fused-ring (bicyclic) bond motifs is 7. The highest BCUT2D eigenvalue weighted by molar-refractivity contribution is 5.22. The second-order valence-corrected chi connectivity index (χ2v) is 13.0. The van der Waals surface area contributed by atoms with Crippen molar-refractivity contribution in [2.45, 2.75) is 96.3 Å². The van der Waals surface area contributed by atoms with E-state index in [2.05, 4.69) is 25.0 Å². The maximum Gasteiger partial charge on any atom is 0.102 e. The summed E-state index contributed by atoms with van der Waals surface area (Å²) in [6.45, 7) is 7.20. The number of hydrogen-bond donors (Lipinski definition) is 2. The Morgan fingerprint density at radius 2 is 1.85 bits per heavy atom. The zero-order valence-electron chi connectivity index (χ0n) is 20.6. The molecule has 0 bridgehead atoms. The number of aromatic nitrogens is 2. The predicted octanol–water partition coefficient (Wildman–Crippen LogP) is 4.77. The highest BCUT2D eigenvalue weighted by atomic mass is 16.3. The lowest BCUT2D eigenvalue weighted by molar-refractivity contribution is -0.119. The highest BCUT2D eigenvalue weighted by Gasteiger charge is 2.70. The van der Waals surface area contributed by atoms with Crippen molar-refractivity contribution in [1.29, 1.82) is 5.26 Å². The van der Waals surface area contributed by atoms with Crippen LogP contribution in [0.2, 0.25) is 0 Å². The Morgan fingerprint density at radius 3 is 2.58 bits per heavy atom. The topological polar surface area (TPSA) is 82.1 Å². The Hall–Kier alpha value is -1.38. The van der Waals surface area contributed by atoms with E-state index < -0.39 is 5.60 Å². The Balaban J connectivity index is 1.20. The summed E-state index contributed by atoms with van der Waals surface area (Å²) >= 11 is 0. The van der Waals surface area contributed by atoms with Crippen molar-refractivity contribution in [2.24, 2.45) is 52.8 Å². The quantitative estimate of drug-likeness (QED) is 0.691. The van der Waals surface area contributed by atoms with Crippen molar-refractivity contribution >= 4 is 0 Å². The second kappa shape index (κ2) is 7.31. The lowest BCUT2D eigenvalue weighted by Gasteiger charge is -2.57. The van der Waals surface area contributed by atoms with Gasteiger partial charge in [-0.3, -0.25) is 4.68 Å². The van der Waals surface area contributed by atoms with E-state index in [0.717, 1.165) is 42.9 Å². The summed E-state index contributed by atoms with van der Waals surface area (Å²) < 4.78 is 1.76. The smallest absolute Gasteiger partial charge is 0.102 e. The zero-order chi connectivity index (χ0) is 23.2. The largest absolute Gasteiger partial charge is 0.389 e. The number of nitriles is 1. The molecule has 6 rings (SSSR count). The molecule has 33 heavy (non-hydrogen) atoms. The maximum absolute atomic E-state index is 11.7. The average molecular weight is 452 g/mol. The number of aliphatic hydroxyl groups is 2. The molecule has 1 heterocycles. The maximum atomic E-state index is 11.7. The summed E-state index contributed by atoms with van der Waals surface area (Å²) in [6.07, 6.45) is 14.3. The van der Waals surface area contributed by atoms with Crippen LogP contribution in [0.1, 0.15) is 84.1 Å². The van der Waals surface area contributed by atoms with Gasteiger partial charge in [-0.25, -0.2) is 0 Å². The predicted molar refractivity (Wildman–Crippen MR) is 126 cm³/mol. The molecule has 2 N–H and O–H groups in total. The number of nitrogens with zero attached hydrogens (tertiary/aromatic N) is 3. The van der Waals surface area contributed by atoms with Crippen LogP contribution in [-0.4, -0.2) is 31.2 Å². The van der Waals surface area contributed by atoms with Gasteiger partial charge >= 0.3 is 0 Å². The number of hydrogen-bond acceptors (Lipinski definition) is 4. The van der Waals surface area contributed by atoms with Gasteiger partial charge in [-0.1, -0.05) is 20.3 Å². The van der Waals surface area contributed by atoms with E-state index in [9.17, 15) is 10.2 Å². The Kier molecular flexibility index (Phi) is 4.90.